The van der Waals surface area contributed by atoms with Crippen molar-refractivity contribution in [2.45, 2.75) is 59.0 Å². The minimum atomic E-state index is -0.191. The van der Waals surface area contributed by atoms with Gasteiger partial charge in [0.2, 0.25) is 0 Å². The molecule has 2 amide bonds. The second kappa shape index (κ2) is 6.10. The number of urea groups is 1. The number of amides is 2. The Morgan fingerprint density at radius 3 is 2.95 bits per heavy atom. The van der Waals surface area contributed by atoms with Crippen molar-refractivity contribution in [3.05, 3.63) is 23.2 Å². The highest BCUT2D eigenvalue weighted by molar-refractivity contribution is 5.74. The highest BCUT2D eigenvalue weighted by Gasteiger charge is 2.35. The number of hydrogen-bond donors (Lipinski definition) is 3. The molecule has 0 fully saturated rings. The summed E-state index contributed by atoms with van der Waals surface area (Å²) in [6, 6.07) is 1.76. The Morgan fingerprint density at radius 1 is 1.57 bits per heavy atom. The van der Waals surface area contributed by atoms with Crippen LogP contribution in [0.1, 0.15) is 56.7 Å². The number of carbonyl (C=O) groups is 1. The molecular weight excluding hydrogens is 268 g/mol. The number of aliphatic hydroxyl groups is 1. The zero-order valence-electron chi connectivity index (χ0n) is 13.3. The van der Waals surface area contributed by atoms with E-state index in [0.717, 1.165) is 29.9 Å². The molecule has 2 rings (SSSR count). The third kappa shape index (κ3) is 4.00. The maximum absolute atomic E-state index is 12.1. The van der Waals surface area contributed by atoms with Crippen LogP contribution < -0.4 is 10.6 Å². The van der Waals surface area contributed by atoms with Gasteiger partial charge in [-0.2, -0.15) is 0 Å². The summed E-state index contributed by atoms with van der Waals surface area (Å²) < 4.78 is 5.77. The Hall–Kier alpha value is -1.49. The van der Waals surface area contributed by atoms with Gasteiger partial charge in [0, 0.05) is 24.6 Å². The van der Waals surface area contributed by atoms with Gasteiger partial charge < -0.3 is 20.2 Å². The third-order valence-electron chi connectivity index (χ3n) is 3.98. The van der Waals surface area contributed by atoms with E-state index < -0.39 is 0 Å². The molecule has 0 radical (unpaired) electrons. The Bertz CT molecular complexity index is 508. The molecule has 1 aromatic heterocycles. The molecule has 0 saturated heterocycles. The van der Waals surface area contributed by atoms with Crippen molar-refractivity contribution < 1.29 is 14.3 Å². The van der Waals surface area contributed by atoms with Gasteiger partial charge >= 0.3 is 6.03 Å². The molecule has 0 spiro atoms. The zero-order chi connectivity index (χ0) is 15.6. The van der Waals surface area contributed by atoms with E-state index in [9.17, 15) is 4.79 Å². The van der Waals surface area contributed by atoms with E-state index in [1.807, 2.05) is 19.9 Å². The molecule has 21 heavy (non-hydrogen) atoms. The SMILES string of the molecule is Cc1cc2c(o1)CC(C)(C)CC2NC(=O)N[C@H](C)CCO. The molecule has 1 unspecified atom stereocenters. The highest BCUT2D eigenvalue weighted by Crippen LogP contribution is 2.41. The summed E-state index contributed by atoms with van der Waals surface area (Å²) in [5.41, 5.74) is 1.20. The monoisotopic (exact) mass is 294 g/mol. The maximum atomic E-state index is 12.1. The smallest absolute Gasteiger partial charge is 0.315 e. The van der Waals surface area contributed by atoms with Gasteiger partial charge in [-0.15, -0.1) is 0 Å². The normalized spacial score (nSPS) is 21.5. The van der Waals surface area contributed by atoms with Gasteiger partial charge in [0.05, 0.1) is 6.04 Å². The molecule has 0 aromatic carbocycles. The van der Waals surface area contributed by atoms with Crippen molar-refractivity contribution >= 4 is 6.03 Å². The second-order valence-electron chi connectivity index (χ2n) is 6.86. The third-order valence-corrected chi connectivity index (χ3v) is 3.98. The minimum Gasteiger partial charge on any atom is -0.466 e. The minimum absolute atomic E-state index is 0.0254. The van der Waals surface area contributed by atoms with E-state index >= 15 is 0 Å². The number of aliphatic hydroxyl groups excluding tert-OH is 1. The first-order valence-electron chi connectivity index (χ1n) is 7.58. The van der Waals surface area contributed by atoms with E-state index in [0.29, 0.717) is 6.42 Å². The van der Waals surface area contributed by atoms with E-state index in [1.165, 1.54) is 0 Å². The van der Waals surface area contributed by atoms with E-state index in [4.69, 9.17) is 9.52 Å². The van der Waals surface area contributed by atoms with E-state index in [-0.39, 0.29) is 30.1 Å². The first-order chi connectivity index (χ1) is 9.80. The van der Waals surface area contributed by atoms with Gasteiger partial charge in [0.15, 0.2) is 0 Å². The van der Waals surface area contributed by atoms with Crippen molar-refractivity contribution in [3.8, 4) is 0 Å². The molecule has 2 atom stereocenters. The molecule has 0 bridgehead atoms. The van der Waals surface area contributed by atoms with Crippen molar-refractivity contribution in [2.75, 3.05) is 6.61 Å². The number of aryl methyl sites for hydroxylation is 1. The average Bonchev–Trinajstić information content (AvgIpc) is 2.67. The van der Waals surface area contributed by atoms with Gasteiger partial charge in [-0.05, 0) is 38.2 Å². The van der Waals surface area contributed by atoms with Crippen LogP contribution in [-0.2, 0) is 6.42 Å². The zero-order valence-corrected chi connectivity index (χ0v) is 13.3. The lowest BCUT2D eigenvalue weighted by molar-refractivity contribution is 0.209. The molecule has 5 heteroatoms. The predicted octanol–water partition coefficient (Wildman–Crippen LogP) is 2.67. The summed E-state index contributed by atoms with van der Waals surface area (Å²) in [5.74, 6) is 1.87. The number of hydrogen-bond acceptors (Lipinski definition) is 3. The van der Waals surface area contributed by atoms with Gasteiger partial charge in [-0.3, -0.25) is 0 Å². The largest absolute Gasteiger partial charge is 0.466 e. The molecule has 1 aliphatic rings. The number of rotatable bonds is 4. The summed E-state index contributed by atoms with van der Waals surface area (Å²) in [5, 5.41) is 14.8. The lowest BCUT2D eigenvalue weighted by atomic mass is 9.75. The molecule has 1 aliphatic carbocycles. The van der Waals surface area contributed by atoms with Crippen molar-refractivity contribution in [2.24, 2.45) is 5.41 Å². The first-order valence-corrected chi connectivity index (χ1v) is 7.58. The van der Waals surface area contributed by atoms with Gasteiger partial charge in [0.1, 0.15) is 11.5 Å². The van der Waals surface area contributed by atoms with Crippen LogP contribution in [0.2, 0.25) is 0 Å². The summed E-state index contributed by atoms with van der Waals surface area (Å²) in [7, 11) is 0. The van der Waals surface area contributed by atoms with E-state index in [2.05, 4.69) is 24.5 Å². The Morgan fingerprint density at radius 2 is 2.29 bits per heavy atom. The summed E-state index contributed by atoms with van der Waals surface area (Å²) in [6.07, 6.45) is 2.34. The summed E-state index contributed by atoms with van der Waals surface area (Å²) >= 11 is 0. The molecule has 1 aromatic rings. The Labute approximate surface area is 126 Å². The Kier molecular flexibility index (Phi) is 4.61. The molecule has 0 saturated carbocycles. The lowest BCUT2D eigenvalue weighted by Gasteiger charge is -2.34. The van der Waals surface area contributed by atoms with Crippen molar-refractivity contribution in [1.82, 2.24) is 10.6 Å². The second-order valence-corrected chi connectivity index (χ2v) is 6.86. The molecule has 0 aliphatic heterocycles. The first kappa shape index (κ1) is 15.9. The molecule has 3 N–H and O–H groups in total. The number of fused-ring (bicyclic) bond motifs is 1. The van der Waals surface area contributed by atoms with Gasteiger partial charge in [0.25, 0.3) is 0 Å². The van der Waals surface area contributed by atoms with Crippen LogP contribution in [0.5, 0.6) is 0 Å². The van der Waals surface area contributed by atoms with Crippen LogP contribution in [0, 0.1) is 12.3 Å². The fourth-order valence-electron chi connectivity index (χ4n) is 3.00. The molecular formula is C16H26N2O3. The molecule has 1 heterocycles. The maximum Gasteiger partial charge on any atom is 0.315 e. The highest BCUT2D eigenvalue weighted by atomic mass is 16.3. The summed E-state index contributed by atoms with van der Waals surface area (Å²) in [6.45, 7) is 8.27. The number of carbonyl (C=O) groups excluding carboxylic acids is 1. The lowest BCUT2D eigenvalue weighted by Crippen LogP contribution is -2.44. The van der Waals surface area contributed by atoms with Gasteiger partial charge in [-0.1, -0.05) is 13.8 Å². The fourth-order valence-corrected chi connectivity index (χ4v) is 3.00. The Balaban J connectivity index is 2.07. The quantitative estimate of drug-likeness (QED) is 0.799. The number of nitrogens with one attached hydrogen (secondary N) is 2. The fraction of sp³-hybridized carbons (Fsp3) is 0.688. The standard InChI is InChI=1S/C16H26N2O3/c1-10(5-6-19)17-15(20)18-13-8-16(3,4)9-14-12(13)7-11(2)21-14/h7,10,13,19H,5-6,8-9H2,1-4H3,(H2,17,18,20)/t10-,13?/m1/s1. The van der Waals surface area contributed by atoms with E-state index in [1.54, 1.807) is 0 Å². The average molecular weight is 294 g/mol. The molecule has 5 nitrogen and oxygen atoms in total. The summed E-state index contributed by atoms with van der Waals surface area (Å²) in [4.78, 5) is 12.1. The van der Waals surface area contributed by atoms with Crippen LogP contribution in [0.15, 0.2) is 10.5 Å². The van der Waals surface area contributed by atoms with Crippen LogP contribution in [0.4, 0.5) is 4.79 Å². The van der Waals surface area contributed by atoms with Crippen LogP contribution in [0.3, 0.4) is 0 Å². The van der Waals surface area contributed by atoms with Crippen molar-refractivity contribution in [1.29, 1.82) is 0 Å². The topological polar surface area (TPSA) is 74.5 Å². The van der Waals surface area contributed by atoms with Crippen LogP contribution in [0.25, 0.3) is 0 Å². The van der Waals surface area contributed by atoms with Crippen LogP contribution >= 0.6 is 0 Å². The van der Waals surface area contributed by atoms with Crippen LogP contribution in [-0.4, -0.2) is 23.8 Å². The predicted molar refractivity (Wildman–Crippen MR) is 81.1 cm³/mol. The van der Waals surface area contributed by atoms with Gasteiger partial charge in [-0.25, -0.2) is 4.79 Å². The molecule has 118 valence electrons. The van der Waals surface area contributed by atoms with Crippen molar-refractivity contribution in [3.63, 3.8) is 0 Å². The number of furan rings is 1.